The average molecular weight is 637 g/mol. The topological polar surface area (TPSA) is 25.8 Å². The summed E-state index contributed by atoms with van der Waals surface area (Å²) in [4.78, 5) is 8.51. The number of rotatable bonds is 6. The Labute approximate surface area is 292 Å². The molecule has 0 aliphatic carbocycles. The molecule has 7 aromatic carbocycles. The van der Waals surface area contributed by atoms with Gasteiger partial charge in [0.05, 0.1) is 0 Å². The van der Waals surface area contributed by atoms with E-state index in [1.54, 1.807) is 0 Å². The predicted molar refractivity (Wildman–Crippen MR) is 210 cm³/mol. The van der Waals surface area contributed by atoms with Gasteiger partial charge in [0, 0.05) is 24.8 Å². The summed E-state index contributed by atoms with van der Waals surface area (Å²) in [7, 11) is 0. The fraction of sp³-hybridized carbons (Fsp3) is 0. The van der Waals surface area contributed by atoms with Crippen molar-refractivity contribution < 1.29 is 0 Å². The van der Waals surface area contributed by atoms with Crippen LogP contribution in [0.1, 0.15) is 0 Å². The van der Waals surface area contributed by atoms with Gasteiger partial charge in [-0.05, 0) is 131 Å². The molecule has 2 heterocycles. The lowest BCUT2D eigenvalue weighted by Crippen LogP contribution is -1.93. The van der Waals surface area contributed by atoms with E-state index in [-0.39, 0.29) is 0 Å². The number of nitrogens with zero attached hydrogens (tertiary/aromatic N) is 2. The largest absolute Gasteiger partial charge is 0.265 e. The van der Waals surface area contributed by atoms with Crippen LogP contribution in [0.25, 0.3) is 88.3 Å². The molecule has 0 unspecified atom stereocenters. The van der Waals surface area contributed by atoms with E-state index in [1.165, 1.54) is 77.2 Å². The molecule has 0 saturated carbocycles. The third kappa shape index (κ3) is 5.34. The Hall–Kier alpha value is -6.64. The molecule has 2 nitrogen and oxygen atoms in total. The molecule has 2 heteroatoms. The van der Waals surface area contributed by atoms with Gasteiger partial charge in [0.2, 0.25) is 0 Å². The van der Waals surface area contributed by atoms with Gasteiger partial charge in [-0.1, -0.05) is 127 Å². The van der Waals surface area contributed by atoms with Crippen molar-refractivity contribution in [1.29, 1.82) is 0 Å². The smallest absolute Gasteiger partial charge is 0.0273 e. The van der Waals surface area contributed by atoms with Gasteiger partial charge in [0.1, 0.15) is 0 Å². The highest BCUT2D eigenvalue weighted by Crippen LogP contribution is 2.46. The van der Waals surface area contributed by atoms with Gasteiger partial charge < -0.3 is 0 Å². The molecule has 0 bridgehead atoms. The van der Waals surface area contributed by atoms with E-state index in [1.807, 2.05) is 24.8 Å². The molecule has 9 aromatic rings. The lowest BCUT2D eigenvalue weighted by Gasteiger charge is -2.20. The van der Waals surface area contributed by atoms with Crippen molar-refractivity contribution in [1.82, 2.24) is 9.97 Å². The third-order valence-corrected chi connectivity index (χ3v) is 9.68. The monoisotopic (exact) mass is 636 g/mol. The Morgan fingerprint density at radius 2 is 0.680 bits per heavy atom. The van der Waals surface area contributed by atoms with Gasteiger partial charge in [-0.3, -0.25) is 9.97 Å². The molecule has 0 amide bonds. The van der Waals surface area contributed by atoms with Crippen LogP contribution in [0.2, 0.25) is 0 Å². The normalized spacial score (nSPS) is 11.2. The first-order valence-electron chi connectivity index (χ1n) is 17.0. The maximum absolute atomic E-state index is 4.26. The van der Waals surface area contributed by atoms with Crippen LogP contribution < -0.4 is 0 Å². The van der Waals surface area contributed by atoms with E-state index in [0.29, 0.717) is 0 Å². The average Bonchev–Trinajstić information content (AvgIpc) is 3.21. The van der Waals surface area contributed by atoms with Crippen LogP contribution in [0, 0.1) is 0 Å². The Morgan fingerprint density at radius 1 is 0.240 bits per heavy atom. The summed E-state index contributed by atoms with van der Waals surface area (Å²) in [5, 5.41) is 4.90. The molecule has 0 N–H and O–H groups in total. The molecular formula is C48H32N2. The minimum Gasteiger partial charge on any atom is -0.265 e. The molecule has 0 aliphatic rings. The molecular weight excluding hydrogens is 605 g/mol. The number of hydrogen-bond donors (Lipinski definition) is 0. The first-order valence-corrected chi connectivity index (χ1v) is 17.0. The van der Waals surface area contributed by atoms with Crippen LogP contribution in [0.4, 0.5) is 0 Å². The van der Waals surface area contributed by atoms with Gasteiger partial charge in [0.25, 0.3) is 0 Å². The maximum Gasteiger partial charge on any atom is 0.0273 e. The maximum atomic E-state index is 4.26. The van der Waals surface area contributed by atoms with Crippen molar-refractivity contribution in [3.63, 3.8) is 0 Å². The number of fused-ring (bicyclic) bond motifs is 2. The summed E-state index contributed by atoms with van der Waals surface area (Å²) < 4.78 is 0. The van der Waals surface area contributed by atoms with Gasteiger partial charge in [-0.15, -0.1) is 0 Å². The molecule has 234 valence electrons. The molecule has 0 saturated heterocycles. The van der Waals surface area contributed by atoms with Crippen LogP contribution in [0.5, 0.6) is 0 Å². The molecule has 0 spiro atoms. The number of aromatic nitrogens is 2. The van der Waals surface area contributed by atoms with Crippen LogP contribution in [-0.2, 0) is 0 Å². The highest BCUT2D eigenvalue weighted by molar-refractivity contribution is 6.22. The van der Waals surface area contributed by atoms with Crippen molar-refractivity contribution in [3.8, 4) is 66.8 Å². The van der Waals surface area contributed by atoms with Crippen LogP contribution in [0.3, 0.4) is 0 Å². The van der Waals surface area contributed by atoms with Gasteiger partial charge in [-0.25, -0.2) is 0 Å². The zero-order chi connectivity index (χ0) is 33.3. The van der Waals surface area contributed by atoms with Crippen molar-refractivity contribution in [2.24, 2.45) is 0 Å². The lowest BCUT2D eigenvalue weighted by molar-refractivity contribution is 1.33. The highest BCUT2D eigenvalue weighted by atomic mass is 14.6. The van der Waals surface area contributed by atoms with E-state index >= 15 is 0 Å². The lowest BCUT2D eigenvalue weighted by atomic mass is 9.83. The Kier molecular flexibility index (Phi) is 7.53. The van der Waals surface area contributed by atoms with Crippen molar-refractivity contribution in [3.05, 3.63) is 195 Å². The predicted octanol–water partition coefficient (Wildman–Crippen LogP) is 12.8. The van der Waals surface area contributed by atoms with Crippen LogP contribution in [-0.4, -0.2) is 9.97 Å². The van der Waals surface area contributed by atoms with Gasteiger partial charge in [0.15, 0.2) is 0 Å². The molecule has 0 fully saturated rings. The summed E-state index contributed by atoms with van der Waals surface area (Å²) in [6.45, 7) is 0. The van der Waals surface area contributed by atoms with Crippen LogP contribution in [0.15, 0.2) is 195 Å². The fourth-order valence-corrected chi connectivity index (χ4v) is 7.37. The summed E-state index contributed by atoms with van der Waals surface area (Å²) in [6, 6.07) is 61.5. The quantitative estimate of drug-likeness (QED) is 0.170. The van der Waals surface area contributed by atoms with Crippen molar-refractivity contribution >= 4 is 21.5 Å². The summed E-state index contributed by atoms with van der Waals surface area (Å²) in [5.74, 6) is 0. The second-order valence-corrected chi connectivity index (χ2v) is 12.6. The fourth-order valence-electron chi connectivity index (χ4n) is 7.37. The van der Waals surface area contributed by atoms with Gasteiger partial charge >= 0.3 is 0 Å². The van der Waals surface area contributed by atoms with E-state index in [2.05, 4.69) is 180 Å². The SMILES string of the molecule is c1ccc(-c2ccccc2-c2ccc3c(-c4cccc(-c5ccncc5)c4)c4ccccc4c(-c4cccc(-c5ccncc5)c4)c3c2)cc1. The zero-order valence-corrected chi connectivity index (χ0v) is 27.4. The standard InChI is InChI=1S/C48H32N2/c1-2-10-35(11-3-1)41-16-4-5-17-42(41)38-20-21-45-46(32-38)48(40-15-9-13-37(31-40)34-24-28-50-29-25-34)44-19-7-6-18-43(44)47(45)39-14-8-12-36(30-39)33-22-26-49-27-23-33/h1-32H. The molecule has 2 aromatic heterocycles. The molecule has 0 atom stereocenters. The van der Waals surface area contributed by atoms with E-state index < -0.39 is 0 Å². The second-order valence-electron chi connectivity index (χ2n) is 12.6. The summed E-state index contributed by atoms with van der Waals surface area (Å²) >= 11 is 0. The van der Waals surface area contributed by atoms with Crippen molar-refractivity contribution in [2.75, 3.05) is 0 Å². The first kappa shape index (κ1) is 29.5. The third-order valence-electron chi connectivity index (χ3n) is 9.68. The Bertz CT molecular complexity index is 2630. The summed E-state index contributed by atoms with van der Waals surface area (Å²) in [6.07, 6.45) is 7.43. The van der Waals surface area contributed by atoms with Gasteiger partial charge in [-0.2, -0.15) is 0 Å². The first-order chi connectivity index (χ1) is 24.8. The van der Waals surface area contributed by atoms with E-state index in [4.69, 9.17) is 0 Å². The van der Waals surface area contributed by atoms with Crippen LogP contribution >= 0.6 is 0 Å². The number of benzene rings is 7. The molecule has 0 radical (unpaired) electrons. The summed E-state index contributed by atoms with van der Waals surface area (Å²) in [5.41, 5.74) is 14.3. The van der Waals surface area contributed by atoms with Crippen molar-refractivity contribution in [2.45, 2.75) is 0 Å². The number of hydrogen-bond acceptors (Lipinski definition) is 2. The minimum absolute atomic E-state index is 1.15. The minimum atomic E-state index is 1.15. The van der Waals surface area contributed by atoms with E-state index in [0.717, 1.165) is 11.1 Å². The molecule has 9 rings (SSSR count). The Morgan fingerprint density at radius 3 is 1.26 bits per heavy atom. The highest BCUT2D eigenvalue weighted by Gasteiger charge is 2.19. The number of pyridine rings is 2. The molecule has 50 heavy (non-hydrogen) atoms. The zero-order valence-electron chi connectivity index (χ0n) is 27.4. The molecule has 0 aliphatic heterocycles. The Balaban J connectivity index is 1.35. The second kappa shape index (κ2) is 12.8. The van der Waals surface area contributed by atoms with E-state index in [9.17, 15) is 0 Å².